The Kier molecular flexibility index (Phi) is 7.33. The standard InChI is InChI=1S/C15H27N3O2/c1-12(2)18(4)9-6-8-16-13(3)15(19)17-11-14-7-5-10-20-14/h5,7,10,12-13,16H,6,8-9,11H2,1-4H3,(H,17,19). The zero-order valence-electron chi connectivity index (χ0n) is 13.0. The van der Waals surface area contributed by atoms with Gasteiger partial charge in [0.05, 0.1) is 18.8 Å². The van der Waals surface area contributed by atoms with Gasteiger partial charge >= 0.3 is 0 Å². The van der Waals surface area contributed by atoms with Crippen LogP contribution in [0.4, 0.5) is 0 Å². The highest BCUT2D eigenvalue weighted by atomic mass is 16.3. The van der Waals surface area contributed by atoms with E-state index in [0.717, 1.165) is 25.3 Å². The third-order valence-corrected chi connectivity index (χ3v) is 3.43. The normalized spacial score (nSPS) is 12.9. The van der Waals surface area contributed by atoms with Gasteiger partial charge in [0.2, 0.25) is 5.91 Å². The molecule has 1 rings (SSSR count). The molecule has 114 valence electrons. The lowest BCUT2D eigenvalue weighted by Crippen LogP contribution is -2.42. The largest absolute Gasteiger partial charge is 0.467 e. The Morgan fingerprint density at radius 1 is 1.40 bits per heavy atom. The van der Waals surface area contributed by atoms with Crippen molar-refractivity contribution >= 4 is 5.91 Å². The highest BCUT2D eigenvalue weighted by molar-refractivity contribution is 5.81. The lowest BCUT2D eigenvalue weighted by Gasteiger charge is -2.21. The number of hydrogen-bond acceptors (Lipinski definition) is 4. The smallest absolute Gasteiger partial charge is 0.237 e. The van der Waals surface area contributed by atoms with Crippen LogP contribution in [-0.2, 0) is 11.3 Å². The predicted molar refractivity (Wildman–Crippen MR) is 80.4 cm³/mol. The minimum atomic E-state index is -0.186. The molecule has 1 atom stereocenters. The number of carbonyl (C=O) groups excluding carboxylic acids is 1. The molecule has 1 aromatic heterocycles. The molecule has 0 bridgehead atoms. The summed E-state index contributed by atoms with van der Waals surface area (Å²) in [5.74, 6) is 0.766. The van der Waals surface area contributed by atoms with Gasteiger partial charge in [0.1, 0.15) is 5.76 Å². The Bertz CT molecular complexity index is 376. The molecular formula is C15H27N3O2. The van der Waals surface area contributed by atoms with Crippen LogP contribution in [0, 0.1) is 0 Å². The molecule has 0 fully saturated rings. The molecule has 0 aliphatic rings. The van der Waals surface area contributed by atoms with E-state index in [1.54, 1.807) is 6.26 Å². The molecular weight excluding hydrogens is 254 g/mol. The Morgan fingerprint density at radius 3 is 2.75 bits per heavy atom. The zero-order valence-corrected chi connectivity index (χ0v) is 13.0. The number of nitrogens with zero attached hydrogens (tertiary/aromatic N) is 1. The van der Waals surface area contributed by atoms with Gasteiger partial charge in [-0.25, -0.2) is 0 Å². The van der Waals surface area contributed by atoms with E-state index in [2.05, 4.69) is 36.4 Å². The van der Waals surface area contributed by atoms with Crippen molar-refractivity contribution in [2.45, 2.75) is 45.8 Å². The average molecular weight is 281 g/mol. The van der Waals surface area contributed by atoms with Crippen molar-refractivity contribution < 1.29 is 9.21 Å². The second-order valence-electron chi connectivity index (χ2n) is 5.40. The molecule has 20 heavy (non-hydrogen) atoms. The van der Waals surface area contributed by atoms with Gasteiger partial charge in [-0.05, 0) is 59.5 Å². The molecule has 0 saturated heterocycles. The van der Waals surface area contributed by atoms with Crippen LogP contribution in [0.15, 0.2) is 22.8 Å². The summed E-state index contributed by atoms with van der Waals surface area (Å²) in [6, 6.07) is 4.03. The molecule has 0 aromatic carbocycles. The predicted octanol–water partition coefficient (Wildman–Crippen LogP) is 1.60. The van der Waals surface area contributed by atoms with Crippen molar-refractivity contribution in [3.05, 3.63) is 24.2 Å². The highest BCUT2D eigenvalue weighted by Gasteiger charge is 2.12. The van der Waals surface area contributed by atoms with Gasteiger partial charge in [-0.1, -0.05) is 0 Å². The molecule has 1 amide bonds. The van der Waals surface area contributed by atoms with Crippen molar-refractivity contribution in [1.82, 2.24) is 15.5 Å². The zero-order chi connectivity index (χ0) is 15.0. The van der Waals surface area contributed by atoms with Gasteiger partial charge in [-0.2, -0.15) is 0 Å². The van der Waals surface area contributed by atoms with Crippen LogP contribution in [-0.4, -0.2) is 43.0 Å². The second kappa shape index (κ2) is 8.76. The maximum atomic E-state index is 11.8. The molecule has 5 nitrogen and oxygen atoms in total. The summed E-state index contributed by atoms with van der Waals surface area (Å²) >= 11 is 0. The minimum Gasteiger partial charge on any atom is -0.467 e. The lowest BCUT2D eigenvalue weighted by molar-refractivity contribution is -0.123. The quantitative estimate of drug-likeness (QED) is 0.675. The topological polar surface area (TPSA) is 57.5 Å². The highest BCUT2D eigenvalue weighted by Crippen LogP contribution is 1.99. The minimum absolute atomic E-state index is 0.00128. The van der Waals surface area contributed by atoms with Crippen LogP contribution in [0.3, 0.4) is 0 Å². The first-order valence-corrected chi connectivity index (χ1v) is 7.24. The monoisotopic (exact) mass is 281 g/mol. The Morgan fingerprint density at radius 2 is 2.15 bits per heavy atom. The number of hydrogen-bond donors (Lipinski definition) is 2. The molecule has 0 spiro atoms. The van der Waals surface area contributed by atoms with E-state index < -0.39 is 0 Å². The summed E-state index contributed by atoms with van der Waals surface area (Å²) in [4.78, 5) is 14.1. The van der Waals surface area contributed by atoms with Gasteiger partial charge < -0.3 is 20.0 Å². The Balaban J connectivity index is 2.12. The van der Waals surface area contributed by atoms with E-state index in [0.29, 0.717) is 12.6 Å². The van der Waals surface area contributed by atoms with Gasteiger partial charge in [0.15, 0.2) is 0 Å². The second-order valence-corrected chi connectivity index (χ2v) is 5.40. The number of nitrogens with one attached hydrogen (secondary N) is 2. The summed E-state index contributed by atoms with van der Waals surface area (Å²) in [5.41, 5.74) is 0. The number of carbonyl (C=O) groups is 1. The van der Waals surface area contributed by atoms with Crippen LogP contribution >= 0.6 is 0 Å². The van der Waals surface area contributed by atoms with E-state index in [4.69, 9.17) is 4.42 Å². The molecule has 0 aliphatic carbocycles. The molecule has 1 aromatic rings. The number of furan rings is 1. The number of amides is 1. The van der Waals surface area contributed by atoms with E-state index in [9.17, 15) is 4.79 Å². The fourth-order valence-corrected chi connectivity index (χ4v) is 1.74. The van der Waals surface area contributed by atoms with Crippen LogP contribution in [0.2, 0.25) is 0 Å². The third kappa shape index (κ3) is 6.21. The van der Waals surface area contributed by atoms with Gasteiger partial charge in [-0.3, -0.25) is 4.79 Å². The summed E-state index contributed by atoms with van der Waals surface area (Å²) < 4.78 is 5.17. The maximum absolute atomic E-state index is 11.8. The first kappa shape index (κ1) is 16.7. The summed E-state index contributed by atoms with van der Waals surface area (Å²) in [5, 5.41) is 6.08. The van der Waals surface area contributed by atoms with Crippen LogP contribution in [0.1, 0.15) is 33.0 Å². The maximum Gasteiger partial charge on any atom is 0.237 e. The van der Waals surface area contributed by atoms with Crippen molar-refractivity contribution in [3.8, 4) is 0 Å². The number of rotatable bonds is 9. The fraction of sp³-hybridized carbons (Fsp3) is 0.667. The van der Waals surface area contributed by atoms with Crippen molar-refractivity contribution in [3.63, 3.8) is 0 Å². The molecule has 0 saturated carbocycles. The van der Waals surface area contributed by atoms with E-state index >= 15 is 0 Å². The molecule has 0 aliphatic heterocycles. The van der Waals surface area contributed by atoms with Gasteiger partial charge in [0, 0.05) is 6.04 Å². The molecule has 2 N–H and O–H groups in total. The average Bonchev–Trinajstić information content (AvgIpc) is 2.93. The summed E-state index contributed by atoms with van der Waals surface area (Å²) in [7, 11) is 2.12. The SMILES string of the molecule is CC(NCCCN(C)C(C)C)C(=O)NCc1ccco1. The molecule has 1 unspecified atom stereocenters. The molecule has 5 heteroatoms. The fourth-order valence-electron chi connectivity index (χ4n) is 1.74. The van der Waals surface area contributed by atoms with Crippen molar-refractivity contribution in [2.24, 2.45) is 0 Å². The summed E-state index contributed by atoms with van der Waals surface area (Å²) in [6.07, 6.45) is 2.64. The van der Waals surface area contributed by atoms with Crippen molar-refractivity contribution in [2.75, 3.05) is 20.1 Å². The Hall–Kier alpha value is -1.33. The first-order chi connectivity index (χ1) is 9.50. The van der Waals surface area contributed by atoms with Crippen molar-refractivity contribution in [1.29, 1.82) is 0 Å². The van der Waals surface area contributed by atoms with Gasteiger partial charge in [-0.15, -0.1) is 0 Å². The van der Waals surface area contributed by atoms with E-state index in [-0.39, 0.29) is 11.9 Å². The van der Waals surface area contributed by atoms with E-state index in [1.807, 2.05) is 19.1 Å². The van der Waals surface area contributed by atoms with Crippen LogP contribution in [0.5, 0.6) is 0 Å². The van der Waals surface area contributed by atoms with Crippen LogP contribution < -0.4 is 10.6 Å². The third-order valence-electron chi connectivity index (χ3n) is 3.43. The lowest BCUT2D eigenvalue weighted by atomic mass is 10.2. The van der Waals surface area contributed by atoms with E-state index in [1.165, 1.54) is 0 Å². The van der Waals surface area contributed by atoms with Gasteiger partial charge in [0.25, 0.3) is 0 Å². The first-order valence-electron chi connectivity index (χ1n) is 7.24. The molecule has 0 radical (unpaired) electrons. The Labute approximate surface area is 121 Å². The van der Waals surface area contributed by atoms with Crippen LogP contribution in [0.25, 0.3) is 0 Å². The molecule has 1 heterocycles. The summed E-state index contributed by atoms with van der Waals surface area (Å²) in [6.45, 7) is 8.55.